The van der Waals surface area contributed by atoms with Crippen LogP contribution in [-0.2, 0) is 0 Å². The highest BCUT2D eigenvalue weighted by atomic mass is 79.9. The van der Waals surface area contributed by atoms with Crippen molar-refractivity contribution < 1.29 is 4.39 Å². The number of hydrogen-bond acceptors (Lipinski definition) is 0. The standard InChI is InChI=1S/C9H8BrF/c1-2-3-7-4-8(10)6-9(11)5-7/h2-6H,1H3/b3-2-. The molecule has 1 aromatic carbocycles. The number of rotatable bonds is 1. The molecule has 1 aromatic rings. The van der Waals surface area contributed by atoms with Crippen molar-refractivity contribution in [2.75, 3.05) is 0 Å². The van der Waals surface area contributed by atoms with Gasteiger partial charge in [-0.25, -0.2) is 4.39 Å². The van der Waals surface area contributed by atoms with Crippen molar-refractivity contribution in [2.45, 2.75) is 6.92 Å². The summed E-state index contributed by atoms with van der Waals surface area (Å²) in [5.41, 5.74) is 0.874. The molecule has 11 heavy (non-hydrogen) atoms. The number of allylic oxidation sites excluding steroid dienone is 1. The van der Waals surface area contributed by atoms with Crippen LogP contribution in [-0.4, -0.2) is 0 Å². The Morgan fingerprint density at radius 3 is 2.64 bits per heavy atom. The molecular formula is C9H8BrF. The molecule has 0 saturated heterocycles. The van der Waals surface area contributed by atoms with Crippen LogP contribution in [0.3, 0.4) is 0 Å². The summed E-state index contributed by atoms with van der Waals surface area (Å²) in [4.78, 5) is 0. The summed E-state index contributed by atoms with van der Waals surface area (Å²) in [6.07, 6.45) is 3.73. The second-order valence-corrected chi connectivity index (χ2v) is 3.12. The quantitative estimate of drug-likeness (QED) is 0.671. The molecule has 0 amide bonds. The van der Waals surface area contributed by atoms with Crippen molar-refractivity contribution in [2.24, 2.45) is 0 Å². The topological polar surface area (TPSA) is 0 Å². The average Bonchev–Trinajstić information content (AvgIpc) is 1.85. The molecule has 0 aromatic heterocycles. The molecule has 0 fully saturated rings. The van der Waals surface area contributed by atoms with E-state index in [1.54, 1.807) is 0 Å². The minimum atomic E-state index is -0.215. The van der Waals surface area contributed by atoms with Gasteiger partial charge in [-0.1, -0.05) is 28.1 Å². The van der Waals surface area contributed by atoms with Crippen LogP contribution in [0.25, 0.3) is 6.08 Å². The molecule has 0 radical (unpaired) electrons. The molecule has 0 heterocycles. The molecule has 0 nitrogen and oxygen atoms in total. The van der Waals surface area contributed by atoms with E-state index < -0.39 is 0 Å². The summed E-state index contributed by atoms with van der Waals surface area (Å²) in [6, 6.07) is 4.79. The largest absolute Gasteiger partial charge is 0.207 e. The smallest absolute Gasteiger partial charge is 0.124 e. The Labute approximate surface area is 73.9 Å². The van der Waals surface area contributed by atoms with E-state index >= 15 is 0 Å². The maximum absolute atomic E-state index is 12.7. The fraction of sp³-hybridized carbons (Fsp3) is 0.111. The Hall–Kier alpha value is -0.630. The molecule has 2 heteroatoms. The van der Waals surface area contributed by atoms with E-state index in [-0.39, 0.29) is 5.82 Å². The van der Waals surface area contributed by atoms with Crippen molar-refractivity contribution in [3.63, 3.8) is 0 Å². The van der Waals surface area contributed by atoms with Gasteiger partial charge in [0.25, 0.3) is 0 Å². The number of halogens is 2. The zero-order valence-electron chi connectivity index (χ0n) is 6.14. The average molecular weight is 215 g/mol. The number of benzene rings is 1. The molecule has 1 rings (SSSR count). The van der Waals surface area contributed by atoms with Crippen LogP contribution in [0.2, 0.25) is 0 Å². The van der Waals surface area contributed by atoms with Gasteiger partial charge in [0.1, 0.15) is 5.82 Å². The maximum atomic E-state index is 12.7. The van der Waals surface area contributed by atoms with Crippen LogP contribution in [0.4, 0.5) is 4.39 Å². The fourth-order valence-corrected chi connectivity index (χ4v) is 1.35. The zero-order chi connectivity index (χ0) is 8.27. The highest BCUT2D eigenvalue weighted by molar-refractivity contribution is 9.10. The first kappa shape index (κ1) is 8.47. The van der Waals surface area contributed by atoms with Gasteiger partial charge in [0.05, 0.1) is 0 Å². The number of hydrogen-bond donors (Lipinski definition) is 0. The molecule has 0 spiro atoms. The van der Waals surface area contributed by atoms with Gasteiger partial charge in [-0.2, -0.15) is 0 Å². The first-order valence-electron chi connectivity index (χ1n) is 3.31. The van der Waals surface area contributed by atoms with Gasteiger partial charge in [0, 0.05) is 4.47 Å². The van der Waals surface area contributed by atoms with Gasteiger partial charge in [0.2, 0.25) is 0 Å². The first-order chi connectivity index (χ1) is 5.22. The molecular weight excluding hydrogens is 207 g/mol. The predicted octanol–water partition coefficient (Wildman–Crippen LogP) is 3.62. The Morgan fingerprint density at radius 1 is 1.36 bits per heavy atom. The van der Waals surface area contributed by atoms with Crippen LogP contribution in [0, 0.1) is 5.82 Å². The molecule has 0 aliphatic rings. The SMILES string of the molecule is C/C=C\c1cc(F)cc(Br)c1. The Morgan fingerprint density at radius 2 is 2.09 bits per heavy atom. The van der Waals surface area contributed by atoms with E-state index in [9.17, 15) is 4.39 Å². The lowest BCUT2D eigenvalue weighted by Crippen LogP contribution is -1.77. The summed E-state index contributed by atoms with van der Waals surface area (Å²) in [5, 5.41) is 0. The highest BCUT2D eigenvalue weighted by Gasteiger charge is 1.94. The summed E-state index contributed by atoms with van der Waals surface area (Å²) in [5.74, 6) is -0.215. The molecule has 0 aliphatic carbocycles. The van der Waals surface area contributed by atoms with E-state index in [1.165, 1.54) is 12.1 Å². The van der Waals surface area contributed by atoms with Crippen molar-refractivity contribution >= 4 is 22.0 Å². The normalized spacial score (nSPS) is 10.8. The van der Waals surface area contributed by atoms with Crippen molar-refractivity contribution in [1.29, 1.82) is 0 Å². The highest BCUT2D eigenvalue weighted by Crippen LogP contribution is 2.15. The van der Waals surface area contributed by atoms with Crippen LogP contribution in [0.1, 0.15) is 12.5 Å². The summed E-state index contributed by atoms with van der Waals surface area (Å²) < 4.78 is 13.5. The Balaban J connectivity index is 3.08. The van der Waals surface area contributed by atoms with Crippen molar-refractivity contribution in [3.05, 3.63) is 40.1 Å². The predicted molar refractivity (Wildman–Crippen MR) is 48.8 cm³/mol. The molecule has 0 bridgehead atoms. The minimum Gasteiger partial charge on any atom is -0.207 e. The van der Waals surface area contributed by atoms with Gasteiger partial charge < -0.3 is 0 Å². The van der Waals surface area contributed by atoms with Crippen molar-refractivity contribution in [3.8, 4) is 0 Å². The van der Waals surface area contributed by atoms with Gasteiger partial charge >= 0.3 is 0 Å². The maximum Gasteiger partial charge on any atom is 0.124 e. The Bertz CT molecular complexity index is 259. The third-order valence-corrected chi connectivity index (χ3v) is 1.70. The summed E-state index contributed by atoms with van der Waals surface area (Å²) in [6.45, 7) is 1.90. The summed E-state index contributed by atoms with van der Waals surface area (Å²) >= 11 is 3.21. The lowest BCUT2D eigenvalue weighted by atomic mass is 10.2. The molecule has 58 valence electrons. The van der Waals surface area contributed by atoms with E-state index in [4.69, 9.17) is 0 Å². The van der Waals surface area contributed by atoms with E-state index in [2.05, 4.69) is 15.9 Å². The lowest BCUT2D eigenvalue weighted by Gasteiger charge is -1.94. The van der Waals surface area contributed by atoms with Crippen LogP contribution < -0.4 is 0 Å². The van der Waals surface area contributed by atoms with E-state index in [0.717, 1.165) is 10.0 Å². The van der Waals surface area contributed by atoms with Crippen LogP contribution >= 0.6 is 15.9 Å². The van der Waals surface area contributed by atoms with E-state index in [0.29, 0.717) is 0 Å². The second-order valence-electron chi connectivity index (χ2n) is 2.20. The third-order valence-electron chi connectivity index (χ3n) is 1.24. The zero-order valence-corrected chi connectivity index (χ0v) is 7.73. The molecule has 0 saturated carbocycles. The monoisotopic (exact) mass is 214 g/mol. The van der Waals surface area contributed by atoms with Crippen molar-refractivity contribution in [1.82, 2.24) is 0 Å². The van der Waals surface area contributed by atoms with Gasteiger partial charge in [0.15, 0.2) is 0 Å². The summed E-state index contributed by atoms with van der Waals surface area (Å²) in [7, 11) is 0. The molecule has 0 N–H and O–H groups in total. The lowest BCUT2D eigenvalue weighted by molar-refractivity contribution is 0.626. The molecule has 0 atom stereocenters. The van der Waals surface area contributed by atoms with Gasteiger partial charge in [-0.05, 0) is 30.7 Å². The fourth-order valence-electron chi connectivity index (χ4n) is 0.864. The minimum absolute atomic E-state index is 0.215. The van der Waals surface area contributed by atoms with Gasteiger partial charge in [-0.3, -0.25) is 0 Å². The van der Waals surface area contributed by atoms with E-state index in [1.807, 2.05) is 25.1 Å². The molecule has 0 unspecified atom stereocenters. The molecule has 0 aliphatic heterocycles. The second kappa shape index (κ2) is 3.67. The third kappa shape index (κ3) is 2.46. The Kier molecular flexibility index (Phi) is 2.83. The van der Waals surface area contributed by atoms with Gasteiger partial charge in [-0.15, -0.1) is 0 Å². The first-order valence-corrected chi connectivity index (χ1v) is 4.10. The van der Waals surface area contributed by atoms with Crippen LogP contribution in [0.15, 0.2) is 28.7 Å². The van der Waals surface area contributed by atoms with Crippen LogP contribution in [0.5, 0.6) is 0 Å².